The molecule has 0 unspecified atom stereocenters. The minimum Gasteiger partial charge on any atom is -0.465 e. The summed E-state index contributed by atoms with van der Waals surface area (Å²) in [6, 6.07) is 1.82. The van der Waals surface area contributed by atoms with Crippen LogP contribution in [0.3, 0.4) is 0 Å². The van der Waals surface area contributed by atoms with Crippen molar-refractivity contribution < 1.29 is 14.3 Å². The van der Waals surface area contributed by atoms with Crippen LogP contribution < -0.4 is 0 Å². The molecule has 0 aliphatic carbocycles. The molecule has 0 spiro atoms. The molecule has 0 aromatic carbocycles. The van der Waals surface area contributed by atoms with Crippen LogP contribution in [0.4, 0.5) is 0 Å². The Kier molecular flexibility index (Phi) is 3.57. The molecule has 0 radical (unpaired) electrons. The van der Waals surface area contributed by atoms with Gasteiger partial charge in [-0.15, -0.1) is 11.3 Å². The number of thiophene rings is 1. The second-order valence-corrected chi connectivity index (χ2v) is 5.25. The second-order valence-electron chi connectivity index (χ2n) is 4.37. The third kappa shape index (κ3) is 2.10. The van der Waals surface area contributed by atoms with E-state index in [-0.39, 0.29) is 5.97 Å². The fourth-order valence-electron chi connectivity index (χ4n) is 2.20. The number of hydrogen-bond acceptors (Lipinski definition) is 4. The van der Waals surface area contributed by atoms with E-state index in [1.807, 2.05) is 36.8 Å². The number of aryl methyl sites for hydroxylation is 2. The Morgan fingerprint density at radius 3 is 2.58 bits per heavy atom. The molecule has 2 rings (SSSR count). The molecule has 0 aliphatic rings. The molecule has 0 saturated carbocycles. The molecule has 19 heavy (non-hydrogen) atoms. The van der Waals surface area contributed by atoms with Crippen molar-refractivity contribution in [1.82, 2.24) is 4.57 Å². The average Bonchev–Trinajstić information content (AvgIpc) is 2.89. The molecule has 2 aromatic rings. The first-order chi connectivity index (χ1) is 9.01. The number of aldehydes is 1. The van der Waals surface area contributed by atoms with Crippen molar-refractivity contribution >= 4 is 23.6 Å². The van der Waals surface area contributed by atoms with Crippen LogP contribution >= 0.6 is 11.3 Å². The van der Waals surface area contributed by atoms with Gasteiger partial charge in [0.2, 0.25) is 0 Å². The zero-order valence-corrected chi connectivity index (χ0v) is 12.1. The zero-order chi connectivity index (χ0) is 14.2. The molecule has 0 saturated heterocycles. The highest BCUT2D eigenvalue weighted by Crippen LogP contribution is 2.30. The maximum Gasteiger partial charge on any atom is 0.350 e. The van der Waals surface area contributed by atoms with Gasteiger partial charge < -0.3 is 9.30 Å². The van der Waals surface area contributed by atoms with Crippen LogP contribution in [-0.2, 0) is 4.74 Å². The molecular weight excluding hydrogens is 262 g/mol. The van der Waals surface area contributed by atoms with Crippen molar-refractivity contribution in [1.29, 1.82) is 0 Å². The van der Waals surface area contributed by atoms with Crippen LogP contribution in [0.2, 0.25) is 0 Å². The van der Waals surface area contributed by atoms with Gasteiger partial charge in [0.25, 0.3) is 0 Å². The van der Waals surface area contributed by atoms with Crippen LogP contribution in [-0.4, -0.2) is 23.9 Å². The predicted octanol–water partition coefficient (Wildman–Crippen LogP) is 3.06. The molecule has 4 nitrogen and oxygen atoms in total. The van der Waals surface area contributed by atoms with E-state index in [0.717, 1.165) is 28.9 Å². The van der Waals surface area contributed by atoms with Gasteiger partial charge in [0.05, 0.1) is 12.8 Å². The summed E-state index contributed by atoms with van der Waals surface area (Å²) in [5, 5.41) is 1.92. The van der Waals surface area contributed by atoms with Crippen molar-refractivity contribution in [2.45, 2.75) is 20.8 Å². The third-order valence-electron chi connectivity index (χ3n) is 3.13. The molecule has 2 aromatic heterocycles. The molecule has 0 aliphatic heterocycles. The summed E-state index contributed by atoms with van der Waals surface area (Å²) in [5.41, 5.74) is 4.19. The zero-order valence-electron chi connectivity index (χ0n) is 11.3. The van der Waals surface area contributed by atoms with Gasteiger partial charge in [-0.25, -0.2) is 4.79 Å². The first-order valence-electron chi connectivity index (χ1n) is 5.82. The molecule has 0 atom stereocenters. The van der Waals surface area contributed by atoms with Crippen molar-refractivity contribution in [2.75, 3.05) is 7.11 Å². The lowest BCUT2D eigenvalue weighted by Gasteiger charge is -2.11. The standard InChI is InChI=1S/C14H15NO3S/c1-8-7-19-13(14(17)18-4)12(8)15-9(2)5-11(6-16)10(15)3/h5-7H,1-4H3. The molecule has 0 amide bonds. The van der Waals surface area contributed by atoms with Gasteiger partial charge in [0.1, 0.15) is 4.88 Å². The summed E-state index contributed by atoms with van der Waals surface area (Å²) in [5.74, 6) is -0.353. The first-order valence-corrected chi connectivity index (χ1v) is 6.70. The Balaban J connectivity index is 2.72. The number of aromatic nitrogens is 1. The van der Waals surface area contributed by atoms with E-state index in [1.165, 1.54) is 18.4 Å². The summed E-state index contributed by atoms with van der Waals surface area (Å²) in [6.07, 6.45) is 0.832. The van der Waals surface area contributed by atoms with Crippen molar-refractivity contribution in [3.05, 3.63) is 38.8 Å². The SMILES string of the molecule is COC(=O)c1scc(C)c1-n1c(C)cc(C=O)c1C. The summed E-state index contributed by atoms with van der Waals surface area (Å²) in [4.78, 5) is 23.4. The Morgan fingerprint density at radius 2 is 2.05 bits per heavy atom. The minimum absolute atomic E-state index is 0.353. The Hall–Kier alpha value is -1.88. The monoisotopic (exact) mass is 277 g/mol. The highest BCUT2D eigenvalue weighted by Gasteiger charge is 2.21. The molecule has 2 heterocycles. The fraction of sp³-hybridized carbons (Fsp3) is 0.286. The number of hydrogen-bond donors (Lipinski definition) is 0. The number of nitrogens with zero attached hydrogens (tertiary/aromatic N) is 1. The van der Waals surface area contributed by atoms with Crippen LogP contribution in [0, 0.1) is 20.8 Å². The minimum atomic E-state index is -0.353. The molecule has 0 N–H and O–H groups in total. The topological polar surface area (TPSA) is 48.3 Å². The van der Waals surface area contributed by atoms with Crippen LogP contribution in [0.15, 0.2) is 11.4 Å². The number of ether oxygens (including phenoxy) is 1. The summed E-state index contributed by atoms with van der Waals surface area (Å²) in [6.45, 7) is 5.73. The molecule has 5 heteroatoms. The highest BCUT2D eigenvalue weighted by atomic mass is 32.1. The van der Waals surface area contributed by atoms with Crippen LogP contribution in [0.1, 0.15) is 37.0 Å². The van der Waals surface area contributed by atoms with Gasteiger partial charge >= 0.3 is 5.97 Å². The normalized spacial score (nSPS) is 10.5. The number of carbonyl (C=O) groups is 2. The van der Waals surface area contributed by atoms with Crippen molar-refractivity contribution in [2.24, 2.45) is 0 Å². The predicted molar refractivity (Wildman–Crippen MR) is 74.6 cm³/mol. The van der Waals surface area contributed by atoms with E-state index < -0.39 is 0 Å². The summed E-state index contributed by atoms with van der Waals surface area (Å²) >= 11 is 1.35. The third-order valence-corrected chi connectivity index (χ3v) is 4.20. The van der Waals surface area contributed by atoms with E-state index in [2.05, 4.69) is 0 Å². The maximum atomic E-state index is 11.8. The van der Waals surface area contributed by atoms with Crippen molar-refractivity contribution in [3.63, 3.8) is 0 Å². The highest BCUT2D eigenvalue weighted by molar-refractivity contribution is 7.12. The first kappa shape index (κ1) is 13.5. The maximum absolute atomic E-state index is 11.8. The van der Waals surface area contributed by atoms with Gasteiger partial charge in [-0.3, -0.25) is 4.79 Å². The van der Waals surface area contributed by atoms with E-state index in [1.54, 1.807) is 0 Å². The van der Waals surface area contributed by atoms with Gasteiger partial charge in [-0.2, -0.15) is 0 Å². The number of esters is 1. The molecule has 100 valence electrons. The van der Waals surface area contributed by atoms with E-state index in [4.69, 9.17) is 4.74 Å². The second kappa shape index (κ2) is 5.01. The summed E-state index contributed by atoms with van der Waals surface area (Å²) < 4.78 is 6.75. The molecule has 0 bridgehead atoms. The van der Waals surface area contributed by atoms with Gasteiger partial charge in [-0.05, 0) is 37.8 Å². The van der Waals surface area contributed by atoms with Crippen LogP contribution in [0.25, 0.3) is 5.69 Å². The molecular formula is C14H15NO3S. The number of rotatable bonds is 3. The van der Waals surface area contributed by atoms with Crippen molar-refractivity contribution in [3.8, 4) is 5.69 Å². The Bertz CT molecular complexity index is 652. The Morgan fingerprint density at radius 1 is 1.37 bits per heavy atom. The smallest absolute Gasteiger partial charge is 0.350 e. The average molecular weight is 277 g/mol. The molecule has 0 fully saturated rings. The summed E-state index contributed by atoms with van der Waals surface area (Å²) in [7, 11) is 1.37. The Labute approximate surface area is 115 Å². The lowest BCUT2D eigenvalue weighted by Crippen LogP contribution is -2.08. The van der Waals surface area contributed by atoms with Gasteiger partial charge in [-0.1, -0.05) is 0 Å². The lowest BCUT2D eigenvalue weighted by atomic mass is 10.2. The van der Waals surface area contributed by atoms with Crippen LogP contribution in [0.5, 0.6) is 0 Å². The number of carbonyl (C=O) groups excluding carboxylic acids is 2. The fourth-order valence-corrected chi connectivity index (χ4v) is 3.15. The quantitative estimate of drug-likeness (QED) is 0.640. The lowest BCUT2D eigenvalue weighted by molar-refractivity contribution is 0.0606. The van der Waals surface area contributed by atoms with Gasteiger partial charge in [0, 0.05) is 17.0 Å². The largest absolute Gasteiger partial charge is 0.465 e. The van der Waals surface area contributed by atoms with E-state index in [9.17, 15) is 9.59 Å². The van der Waals surface area contributed by atoms with E-state index in [0.29, 0.717) is 10.4 Å². The number of methoxy groups -OCH3 is 1. The van der Waals surface area contributed by atoms with Gasteiger partial charge in [0.15, 0.2) is 6.29 Å². The van der Waals surface area contributed by atoms with E-state index >= 15 is 0 Å².